The highest BCUT2D eigenvalue weighted by Gasteiger charge is 2.38. The first kappa shape index (κ1) is 22.6. The minimum Gasteiger partial charge on any atom is -0.491 e. The van der Waals surface area contributed by atoms with E-state index in [1.165, 1.54) is 23.1 Å². The summed E-state index contributed by atoms with van der Waals surface area (Å²) in [7, 11) is 0. The Bertz CT molecular complexity index is 945. The zero-order chi connectivity index (χ0) is 22.4. The second-order valence-electron chi connectivity index (χ2n) is 9.83. The summed E-state index contributed by atoms with van der Waals surface area (Å²) in [5.74, 6) is 2.14. The lowest BCUT2D eigenvalue weighted by atomic mass is 9.88. The maximum absolute atomic E-state index is 11.0. The molecule has 0 radical (unpaired) electrons. The van der Waals surface area contributed by atoms with Crippen LogP contribution in [0.3, 0.4) is 0 Å². The van der Waals surface area contributed by atoms with Gasteiger partial charge in [0.2, 0.25) is 0 Å². The first-order valence-electron chi connectivity index (χ1n) is 11.9. The van der Waals surface area contributed by atoms with Crippen molar-refractivity contribution in [1.82, 2.24) is 0 Å². The largest absolute Gasteiger partial charge is 0.491 e. The van der Waals surface area contributed by atoms with Gasteiger partial charge >= 0.3 is 0 Å². The molecule has 1 N–H and O–H groups in total. The summed E-state index contributed by atoms with van der Waals surface area (Å²) in [5, 5.41) is 11.0. The van der Waals surface area contributed by atoms with Crippen molar-refractivity contribution in [2.24, 2.45) is 11.8 Å². The number of piperidine rings is 1. The van der Waals surface area contributed by atoms with Gasteiger partial charge in [-0.25, -0.2) is 0 Å². The fourth-order valence-electron chi connectivity index (χ4n) is 5.61. The van der Waals surface area contributed by atoms with Gasteiger partial charge in [-0.2, -0.15) is 0 Å². The molecule has 1 aliphatic rings. The topological polar surface area (TPSA) is 29.5 Å². The Hall–Kier alpha value is -2.62. The molecule has 0 aromatic heterocycles. The average molecular weight is 431 g/mol. The van der Waals surface area contributed by atoms with Crippen LogP contribution in [0, 0.1) is 11.8 Å². The molecule has 3 aromatic carbocycles. The monoisotopic (exact) mass is 430 g/mol. The smallest absolute Gasteiger partial charge is 0.137 e. The Morgan fingerprint density at radius 1 is 0.812 bits per heavy atom. The molecule has 0 aliphatic carbocycles. The highest BCUT2D eigenvalue weighted by Crippen LogP contribution is 2.30. The molecule has 0 unspecified atom stereocenters. The number of benzene rings is 3. The molecular weight excluding hydrogens is 394 g/mol. The molecule has 3 heteroatoms. The lowest BCUT2D eigenvalue weighted by Gasteiger charge is -2.47. The third-order valence-corrected chi connectivity index (χ3v) is 6.57. The van der Waals surface area contributed by atoms with Crippen LogP contribution in [0.4, 0.5) is 0 Å². The van der Waals surface area contributed by atoms with E-state index in [0.29, 0.717) is 18.4 Å². The molecule has 0 amide bonds. The zero-order valence-corrected chi connectivity index (χ0v) is 19.4. The SMILES string of the molecule is C[C@@H]1C[C@@H](C)C[N+](Cc2ccccc2)(C[C@H](O)COc2ccc(-c3ccccc3)cc2)C1. The number of rotatable bonds is 8. The standard InChI is InChI=1S/C29H36NO2/c1-23-17-24(2)19-30(18-23,20-25-9-5-3-6-10-25)21-28(31)22-32-29-15-13-27(14-16-29)26-11-7-4-8-12-26/h3-16,23-24,28,31H,17-22H2,1-2H3/q+1/t23-,24-,28+/m1/s1. The molecule has 32 heavy (non-hydrogen) atoms. The summed E-state index contributed by atoms with van der Waals surface area (Å²) < 4.78 is 6.92. The van der Waals surface area contributed by atoms with E-state index in [9.17, 15) is 5.11 Å². The van der Waals surface area contributed by atoms with Crippen LogP contribution in [0.5, 0.6) is 5.75 Å². The molecule has 1 heterocycles. The van der Waals surface area contributed by atoms with E-state index < -0.39 is 6.10 Å². The highest BCUT2D eigenvalue weighted by molar-refractivity contribution is 5.63. The van der Waals surface area contributed by atoms with Gasteiger partial charge in [-0.15, -0.1) is 0 Å². The molecule has 3 nitrogen and oxygen atoms in total. The number of hydrogen-bond donors (Lipinski definition) is 1. The minimum atomic E-state index is -0.495. The van der Waals surface area contributed by atoms with Crippen LogP contribution in [-0.4, -0.2) is 41.9 Å². The summed E-state index contributed by atoms with van der Waals surface area (Å²) in [4.78, 5) is 0. The lowest BCUT2D eigenvalue weighted by Crippen LogP contribution is -2.59. The van der Waals surface area contributed by atoms with Crippen LogP contribution >= 0.6 is 0 Å². The van der Waals surface area contributed by atoms with Crippen molar-refractivity contribution in [3.63, 3.8) is 0 Å². The van der Waals surface area contributed by atoms with Gasteiger partial charge < -0.3 is 14.3 Å². The molecular formula is C29H36NO2+. The van der Waals surface area contributed by atoms with Crippen molar-refractivity contribution >= 4 is 0 Å². The third kappa shape index (κ3) is 5.99. The second-order valence-corrected chi connectivity index (χ2v) is 9.83. The predicted octanol–water partition coefficient (Wildman–Crippen LogP) is 5.79. The Morgan fingerprint density at radius 2 is 1.38 bits per heavy atom. The van der Waals surface area contributed by atoms with Crippen molar-refractivity contribution < 1.29 is 14.3 Å². The number of likely N-dealkylation sites (tertiary alicyclic amines) is 1. The van der Waals surface area contributed by atoms with Gasteiger partial charge in [0, 0.05) is 17.4 Å². The molecule has 3 aromatic rings. The second kappa shape index (κ2) is 10.3. The van der Waals surface area contributed by atoms with Crippen molar-refractivity contribution in [3.8, 4) is 16.9 Å². The predicted molar refractivity (Wildman–Crippen MR) is 131 cm³/mol. The van der Waals surface area contributed by atoms with E-state index in [1.807, 2.05) is 30.3 Å². The Kier molecular flexibility index (Phi) is 7.29. The number of ether oxygens (including phenoxy) is 1. The van der Waals surface area contributed by atoms with Gasteiger partial charge in [-0.05, 0) is 29.7 Å². The summed E-state index contributed by atoms with van der Waals surface area (Å²) in [6.45, 7) is 8.95. The van der Waals surface area contributed by atoms with Crippen molar-refractivity contribution in [3.05, 3.63) is 90.5 Å². The maximum atomic E-state index is 11.0. The van der Waals surface area contributed by atoms with Gasteiger partial charge in [0.25, 0.3) is 0 Å². The Labute approximate surface area is 192 Å². The van der Waals surface area contributed by atoms with Crippen LogP contribution < -0.4 is 4.74 Å². The van der Waals surface area contributed by atoms with Crippen LogP contribution in [0.1, 0.15) is 25.8 Å². The highest BCUT2D eigenvalue weighted by atomic mass is 16.5. The molecule has 3 atom stereocenters. The fourth-order valence-corrected chi connectivity index (χ4v) is 5.61. The van der Waals surface area contributed by atoms with Gasteiger partial charge in [0.1, 0.15) is 31.5 Å². The van der Waals surface area contributed by atoms with E-state index in [0.717, 1.165) is 36.4 Å². The Balaban J connectivity index is 1.39. The van der Waals surface area contributed by atoms with Crippen molar-refractivity contribution in [2.75, 3.05) is 26.2 Å². The number of aliphatic hydroxyl groups is 1. The van der Waals surface area contributed by atoms with Gasteiger partial charge in [-0.1, -0.05) is 86.6 Å². The van der Waals surface area contributed by atoms with Crippen LogP contribution in [0.25, 0.3) is 11.1 Å². The lowest BCUT2D eigenvalue weighted by molar-refractivity contribution is -0.954. The van der Waals surface area contributed by atoms with Crippen LogP contribution in [0.15, 0.2) is 84.9 Å². The summed E-state index contributed by atoms with van der Waals surface area (Å²) in [6, 6.07) is 29.2. The zero-order valence-electron chi connectivity index (χ0n) is 19.4. The summed E-state index contributed by atoms with van der Waals surface area (Å²) in [5.41, 5.74) is 3.71. The van der Waals surface area contributed by atoms with Crippen molar-refractivity contribution in [1.29, 1.82) is 0 Å². The molecule has 1 aliphatic heterocycles. The average Bonchev–Trinajstić information content (AvgIpc) is 2.78. The molecule has 1 fully saturated rings. The molecule has 168 valence electrons. The summed E-state index contributed by atoms with van der Waals surface area (Å²) >= 11 is 0. The third-order valence-electron chi connectivity index (χ3n) is 6.57. The number of aliphatic hydroxyl groups excluding tert-OH is 1. The Morgan fingerprint density at radius 3 is 2.00 bits per heavy atom. The van der Waals surface area contributed by atoms with E-state index in [-0.39, 0.29) is 0 Å². The fraction of sp³-hybridized carbons (Fsp3) is 0.379. The van der Waals surface area contributed by atoms with Crippen LogP contribution in [0.2, 0.25) is 0 Å². The van der Waals surface area contributed by atoms with Gasteiger partial charge in [0.15, 0.2) is 0 Å². The van der Waals surface area contributed by atoms with Crippen molar-refractivity contribution in [2.45, 2.75) is 32.9 Å². The molecule has 4 rings (SSSR count). The van der Waals surface area contributed by atoms with Crippen LogP contribution in [-0.2, 0) is 6.54 Å². The first-order chi connectivity index (χ1) is 15.5. The van der Waals surface area contributed by atoms with E-state index >= 15 is 0 Å². The maximum Gasteiger partial charge on any atom is 0.137 e. The normalized spacial score (nSPS) is 24.1. The van der Waals surface area contributed by atoms with E-state index in [1.54, 1.807) is 0 Å². The number of hydrogen-bond acceptors (Lipinski definition) is 2. The number of nitrogens with zero attached hydrogens (tertiary/aromatic N) is 1. The van der Waals surface area contributed by atoms with Gasteiger partial charge in [-0.3, -0.25) is 0 Å². The van der Waals surface area contributed by atoms with E-state index in [4.69, 9.17) is 4.74 Å². The minimum absolute atomic E-state index is 0.322. The molecule has 0 bridgehead atoms. The summed E-state index contributed by atoms with van der Waals surface area (Å²) in [6.07, 6.45) is 0.778. The first-order valence-corrected chi connectivity index (χ1v) is 11.9. The number of quaternary nitrogens is 1. The van der Waals surface area contributed by atoms with E-state index in [2.05, 4.69) is 68.4 Å². The molecule has 0 saturated carbocycles. The molecule has 1 saturated heterocycles. The van der Waals surface area contributed by atoms with Gasteiger partial charge in [0.05, 0.1) is 13.1 Å². The molecule has 0 spiro atoms. The quantitative estimate of drug-likeness (QED) is 0.459.